The van der Waals surface area contributed by atoms with E-state index in [-0.39, 0.29) is 59.6 Å². The number of hydrogen-bond donors (Lipinski definition) is 3. The van der Waals surface area contributed by atoms with Gasteiger partial charge in [0, 0.05) is 65.9 Å². The number of nitrogens with zero attached hydrogens (tertiary/aromatic N) is 6. The van der Waals surface area contributed by atoms with Gasteiger partial charge >= 0.3 is 0 Å². The van der Waals surface area contributed by atoms with Crippen LogP contribution in [0.4, 0.5) is 10.1 Å². The molecule has 3 aromatic rings. The molecule has 1 saturated heterocycles. The highest BCUT2D eigenvalue weighted by Gasteiger charge is 2.57. The first kappa shape index (κ1) is 43.8. The second kappa shape index (κ2) is 18.3. The summed E-state index contributed by atoms with van der Waals surface area (Å²) < 4.78 is 22.2. The lowest BCUT2D eigenvalue weighted by atomic mass is 9.45. The summed E-state index contributed by atoms with van der Waals surface area (Å²) in [7, 11) is 9.17. The smallest absolute Gasteiger partial charge is 0.251 e. The molecule has 1 aliphatic heterocycles. The second-order valence-electron chi connectivity index (χ2n) is 17.9. The first-order chi connectivity index (χ1) is 28.0. The van der Waals surface area contributed by atoms with Gasteiger partial charge in [-0.3, -0.25) is 14.4 Å². The van der Waals surface area contributed by atoms with Crippen LogP contribution in [0.1, 0.15) is 62.0 Å². The zero-order valence-electron chi connectivity index (χ0n) is 35.9. The van der Waals surface area contributed by atoms with E-state index in [9.17, 15) is 20.2 Å². The average Bonchev–Trinajstić information content (AvgIpc) is 3.56. The van der Waals surface area contributed by atoms with Crippen molar-refractivity contribution >= 4 is 17.5 Å². The monoisotopic (exact) mass is 812 g/mol. The van der Waals surface area contributed by atoms with Crippen molar-refractivity contribution in [1.82, 2.24) is 20.6 Å². The Kier molecular flexibility index (Phi) is 13.6. The molecule has 3 aromatic carbocycles. The number of likely N-dealkylation sites (N-methyl/N-ethyl adjacent to an activating group) is 1. The number of anilines is 1. The van der Waals surface area contributed by atoms with E-state index in [1.54, 1.807) is 19.1 Å². The second-order valence-corrected chi connectivity index (χ2v) is 17.9. The Morgan fingerprint density at radius 3 is 2.46 bits per heavy atom. The number of ether oxygens (including phenoxy) is 1. The summed E-state index contributed by atoms with van der Waals surface area (Å²) in [5.74, 6) is -0.499. The topological polar surface area (TPSA) is 155 Å². The van der Waals surface area contributed by atoms with E-state index in [1.807, 2.05) is 80.5 Å². The molecule has 3 aliphatic carbocycles. The molecule has 3 saturated carbocycles. The molecule has 2 bridgehead atoms. The maximum atomic E-state index is 16.2. The number of azide groups is 1. The number of methoxy groups -OCH3 is 1. The lowest BCUT2D eigenvalue weighted by Crippen LogP contribution is -2.62. The molecule has 0 unspecified atom stereocenters. The third kappa shape index (κ3) is 9.37. The number of amides is 2. The number of fused-ring (bicyclic) bond motifs is 2. The van der Waals surface area contributed by atoms with Crippen molar-refractivity contribution in [2.24, 2.45) is 34.2 Å². The molecule has 318 valence electrons. The van der Waals surface area contributed by atoms with Gasteiger partial charge in [-0.05, 0) is 110 Å². The molecule has 13 nitrogen and oxygen atoms in total. The Balaban J connectivity index is 1.33. The van der Waals surface area contributed by atoms with Gasteiger partial charge in [-0.25, -0.2) is 4.39 Å². The van der Waals surface area contributed by atoms with Crippen molar-refractivity contribution in [2.75, 3.05) is 53.3 Å². The highest BCUT2D eigenvalue weighted by Crippen LogP contribution is 2.61. The molecule has 2 amide bonds. The molecule has 0 radical (unpaired) electrons. The third-order valence-electron chi connectivity index (χ3n) is 13.2. The van der Waals surface area contributed by atoms with Crippen LogP contribution in [0, 0.1) is 34.9 Å². The summed E-state index contributed by atoms with van der Waals surface area (Å²) in [4.78, 5) is 41.6. The van der Waals surface area contributed by atoms with Crippen LogP contribution in [-0.4, -0.2) is 106 Å². The number of halogens is 1. The number of aliphatic hydroxyl groups is 1. The Bertz CT molecular complexity index is 2020. The molecule has 1 heterocycles. The van der Waals surface area contributed by atoms with Crippen LogP contribution >= 0.6 is 0 Å². The highest BCUT2D eigenvalue weighted by atomic mass is 19.1. The molecule has 9 atom stereocenters. The van der Waals surface area contributed by atoms with Gasteiger partial charge in [-0.2, -0.15) is 5.06 Å². The predicted molar refractivity (Wildman–Crippen MR) is 227 cm³/mol. The largest absolute Gasteiger partial charge is 0.496 e. The Morgan fingerprint density at radius 2 is 1.85 bits per heavy atom. The highest BCUT2D eigenvalue weighted by molar-refractivity contribution is 5.97. The van der Waals surface area contributed by atoms with Crippen molar-refractivity contribution in [3.8, 4) is 16.9 Å². The van der Waals surface area contributed by atoms with Gasteiger partial charge in [0.15, 0.2) is 0 Å². The minimum atomic E-state index is -1.03. The molecule has 14 heteroatoms. The van der Waals surface area contributed by atoms with Crippen molar-refractivity contribution in [1.29, 1.82) is 0 Å². The van der Waals surface area contributed by atoms with Crippen LogP contribution in [0.2, 0.25) is 0 Å². The summed E-state index contributed by atoms with van der Waals surface area (Å²) in [6.07, 6.45) is 0.786. The van der Waals surface area contributed by atoms with Gasteiger partial charge in [-0.1, -0.05) is 56.2 Å². The fourth-order valence-corrected chi connectivity index (χ4v) is 9.89. The number of carbonyl (C=O) groups excluding carboxylic acids is 2. The zero-order valence-corrected chi connectivity index (χ0v) is 35.9. The van der Waals surface area contributed by atoms with Gasteiger partial charge < -0.3 is 30.3 Å². The van der Waals surface area contributed by atoms with E-state index in [0.717, 1.165) is 24.1 Å². The third-order valence-corrected chi connectivity index (χ3v) is 13.2. The first-order valence-electron chi connectivity index (χ1n) is 20.6. The predicted octanol–water partition coefficient (Wildman–Crippen LogP) is 6.45. The molecular weight excluding hydrogens is 752 g/mol. The van der Waals surface area contributed by atoms with Gasteiger partial charge in [0.1, 0.15) is 17.6 Å². The standard InChI is InChI=1S/C45H61FN8O5/c1-26-36-21-31(45(36,3)4)22-38(26)50-44(57)41-40(27(2)55)39(23-48-51-47)59-54(41)25-35-37(46)16-15-34(42(35)58-9)29-18-30(20-33(19-29)53(7)8)43(56)49-32(24-52(5)6)17-28-13-11-10-12-14-28/h10-16,18-20,26-27,31-32,36,38-41,55H,17,21-25H2,1-9H3,(H,49,56)(H,50,57)/t26-,27-,31+,32-,36-,38-,39-,40+,41-/m0/s1. The number of hydrogen-bond acceptors (Lipinski definition) is 9. The fraction of sp³-hybridized carbons (Fsp3) is 0.556. The summed E-state index contributed by atoms with van der Waals surface area (Å²) in [5, 5.41) is 22.8. The van der Waals surface area contributed by atoms with E-state index in [1.165, 1.54) is 18.2 Å². The van der Waals surface area contributed by atoms with Gasteiger partial charge in [0.25, 0.3) is 5.91 Å². The average molecular weight is 813 g/mol. The van der Waals surface area contributed by atoms with Crippen LogP contribution in [0.15, 0.2) is 65.8 Å². The normalized spacial score (nSPS) is 25.7. The molecule has 7 rings (SSSR count). The van der Waals surface area contributed by atoms with Crippen LogP contribution in [0.25, 0.3) is 21.6 Å². The van der Waals surface area contributed by atoms with Crippen LogP contribution < -0.4 is 20.3 Å². The Morgan fingerprint density at radius 1 is 1.12 bits per heavy atom. The zero-order chi connectivity index (χ0) is 42.8. The molecular formula is C45H61FN8O5. The van der Waals surface area contributed by atoms with E-state index in [4.69, 9.17) is 9.57 Å². The fourth-order valence-electron chi connectivity index (χ4n) is 9.89. The summed E-state index contributed by atoms with van der Waals surface area (Å²) in [6.45, 7) is 8.65. The van der Waals surface area contributed by atoms with E-state index in [2.05, 4.69) is 41.4 Å². The molecule has 0 spiro atoms. The maximum Gasteiger partial charge on any atom is 0.251 e. The number of nitrogens with one attached hydrogen (secondary N) is 2. The van der Waals surface area contributed by atoms with Gasteiger partial charge in [0.05, 0.1) is 32.4 Å². The SMILES string of the molecule is COc1c(-c2cc(C(=O)N[C@@H](Cc3ccccc3)CN(C)C)cc(N(C)C)c2)ccc(F)c1CN1O[C@@H](CN=[N+]=[N-])[C@@H]([C@H](C)O)[C@H]1C(=O)N[C@H]1C[C@H]2C[C@@H]([C@@H]1C)C2(C)C. The van der Waals surface area contributed by atoms with Crippen LogP contribution in [0.3, 0.4) is 0 Å². The van der Waals surface area contributed by atoms with Gasteiger partial charge in [0.2, 0.25) is 5.91 Å². The summed E-state index contributed by atoms with van der Waals surface area (Å²) in [5.41, 5.74) is 13.0. The maximum absolute atomic E-state index is 16.2. The minimum absolute atomic E-state index is 0.0616. The summed E-state index contributed by atoms with van der Waals surface area (Å²) >= 11 is 0. The van der Waals surface area contributed by atoms with E-state index >= 15 is 4.39 Å². The lowest BCUT2D eigenvalue weighted by molar-refractivity contribution is -0.176. The van der Waals surface area contributed by atoms with E-state index < -0.39 is 30.0 Å². The molecule has 3 N–H and O–H groups in total. The molecule has 59 heavy (non-hydrogen) atoms. The quantitative estimate of drug-likeness (QED) is 0.0848. The van der Waals surface area contributed by atoms with Crippen LogP contribution in [-0.2, 0) is 22.6 Å². The number of carbonyl (C=O) groups is 2. The van der Waals surface area contributed by atoms with Gasteiger partial charge in [-0.15, -0.1) is 0 Å². The number of rotatable bonds is 16. The van der Waals surface area contributed by atoms with Crippen molar-refractivity contribution in [3.63, 3.8) is 0 Å². The van der Waals surface area contributed by atoms with Crippen molar-refractivity contribution in [3.05, 3.63) is 93.6 Å². The number of aliphatic hydroxyl groups excluding tert-OH is 1. The van der Waals surface area contributed by atoms with Crippen molar-refractivity contribution in [2.45, 2.75) is 83.8 Å². The minimum Gasteiger partial charge on any atom is -0.496 e. The van der Waals surface area contributed by atoms with Crippen molar-refractivity contribution < 1.29 is 28.7 Å². The van der Waals surface area contributed by atoms with E-state index in [0.29, 0.717) is 41.5 Å². The molecule has 4 fully saturated rings. The van der Waals surface area contributed by atoms with Crippen LogP contribution in [0.5, 0.6) is 5.75 Å². The Hall–Kier alpha value is -4.72. The molecule has 0 aromatic heterocycles. The summed E-state index contributed by atoms with van der Waals surface area (Å²) in [6, 6.07) is 17.2. The number of benzene rings is 3. The Labute approximate surface area is 347 Å². The number of hydroxylamine groups is 2. The molecule has 4 aliphatic rings. The first-order valence-corrected chi connectivity index (χ1v) is 20.6. The lowest BCUT2D eigenvalue weighted by Gasteiger charge is -2.62.